The molecule has 0 unspecified atom stereocenters. The van der Waals surface area contributed by atoms with E-state index in [4.69, 9.17) is 17.4 Å². The quantitative estimate of drug-likeness (QED) is 0.253. The summed E-state index contributed by atoms with van der Waals surface area (Å²) in [6.45, 7) is 6.27. The number of nitrogens with zero attached hydrogens (tertiary/aromatic N) is 2. The minimum Gasteiger partial charge on any atom is -0.354 e. The van der Waals surface area contributed by atoms with Crippen LogP contribution in [0.5, 0.6) is 0 Å². The van der Waals surface area contributed by atoms with Gasteiger partial charge in [-0.3, -0.25) is 0 Å². The van der Waals surface area contributed by atoms with Crippen LogP contribution in [0.4, 0.5) is 11.4 Å². The molecule has 0 fully saturated rings. The summed E-state index contributed by atoms with van der Waals surface area (Å²) < 4.78 is 1.92. The third-order valence-corrected chi connectivity index (χ3v) is 5.96. The van der Waals surface area contributed by atoms with Gasteiger partial charge in [0.1, 0.15) is 6.54 Å². The molecule has 162 valence electrons. The summed E-state index contributed by atoms with van der Waals surface area (Å²) in [6.07, 6.45) is 1.04. The van der Waals surface area contributed by atoms with Gasteiger partial charge in [-0.15, -0.1) is 0 Å². The van der Waals surface area contributed by atoms with Crippen molar-refractivity contribution in [1.82, 2.24) is 5.32 Å². The molecule has 0 spiro atoms. The van der Waals surface area contributed by atoms with E-state index in [1.807, 2.05) is 0 Å². The van der Waals surface area contributed by atoms with Crippen LogP contribution in [0.25, 0.3) is 0 Å². The Balaban J connectivity index is 2.02. The Kier molecular flexibility index (Phi) is 8.76. The lowest BCUT2D eigenvalue weighted by Crippen LogP contribution is -2.53. The number of likely N-dealkylation sites (N-methyl/N-ethyl adjacent to an activating group) is 1. The van der Waals surface area contributed by atoms with Crippen LogP contribution in [0, 0.1) is 10.8 Å². The van der Waals surface area contributed by atoms with Crippen LogP contribution in [0.2, 0.25) is 0 Å². The van der Waals surface area contributed by atoms with E-state index in [1.54, 1.807) is 12.1 Å². The molecule has 2 aromatic carbocycles. The fraction of sp³-hybridized carbons (Fsp3) is 0.409. The molecule has 0 saturated carbocycles. The molecule has 2 atom stereocenters. The molecule has 0 radical (unpaired) electrons. The largest absolute Gasteiger partial charge is 0.354 e. The second-order valence-corrected chi connectivity index (χ2v) is 9.64. The Bertz CT molecular complexity index is 856. The molecule has 8 heteroatoms. The van der Waals surface area contributed by atoms with Gasteiger partial charge in [0.2, 0.25) is 0 Å². The van der Waals surface area contributed by atoms with E-state index in [0.717, 1.165) is 34.2 Å². The number of anilines is 1. The van der Waals surface area contributed by atoms with Gasteiger partial charge in [-0.25, -0.2) is 5.21 Å². The van der Waals surface area contributed by atoms with Crippen molar-refractivity contribution in [2.45, 2.75) is 32.9 Å². The predicted octanol–water partition coefficient (Wildman–Crippen LogP) is 5.23. The molecule has 30 heavy (non-hydrogen) atoms. The molecule has 0 aliphatic carbocycles. The molecule has 0 bridgehead atoms. The highest BCUT2D eigenvalue weighted by Gasteiger charge is 2.27. The van der Waals surface area contributed by atoms with Gasteiger partial charge >= 0.3 is 5.69 Å². The maximum atomic E-state index is 10.9. The van der Waals surface area contributed by atoms with Crippen molar-refractivity contribution in [1.29, 1.82) is 0 Å². The minimum atomic E-state index is -0.162. The van der Waals surface area contributed by atoms with E-state index >= 15 is 0 Å². The molecule has 0 saturated heterocycles. The highest BCUT2D eigenvalue weighted by molar-refractivity contribution is 9.10. The van der Waals surface area contributed by atoms with Gasteiger partial charge < -0.3 is 15.1 Å². The van der Waals surface area contributed by atoms with E-state index in [1.165, 1.54) is 17.7 Å². The second-order valence-electron chi connectivity index (χ2n) is 8.31. The van der Waals surface area contributed by atoms with Crippen molar-refractivity contribution in [3.63, 3.8) is 0 Å². The van der Waals surface area contributed by atoms with Crippen LogP contribution in [-0.2, 0) is 6.54 Å². The Hall–Kier alpha value is -2.03. The van der Waals surface area contributed by atoms with Crippen LogP contribution in [0.3, 0.4) is 0 Å². The first-order chi connectivity index (χ1) is 14.1. The van der Waals surface area contributed by atoms with Gasteiger partial charge in [0.25, 0.3) is 4.92 Å². The average molecular weight is 495 g/mol. The van der Waals surface area contributed by atoms with Crippen molar-refractivity contribution in [3.05, 3.63) is 63.5 Å². The third kappa shape index (κ3) is 7.66. The number of rotatable bonds is 9. The Morgan fingerprint density at radius 3 is 2.30 bits per heavy atom. The lowest BCUT2D eigenvalue weighted by molar-refractivity contribution is -0.905. The van der Waals surface area contributed by atoms with Crippen molar-refractivity contribution in [2.75, 3.05) is 26.0 Å². The number of hydrogen-bond donors (Lipinski definition) is 3. The van der Waals surface area contributed by atoms with Crippen LogP contribution >= 0.6 is 28.1 Å². The number of thiocarbonyl (C=S) groups is 1. The zero-order valence-corrected chi connectivity index (χ0v) is 20.3. The molecule has 3 N–H and O–H groups in total. The van der Waals surface area contributed by atoms with Gasteiger partial charge in [-0.1, -0.05) is 48.3 Å². The molecule has 0 heterocycles. The molecule has 6 nitrogen and oxygen atoms in total. The highest BCUT2D eigenvalue weighted by Crippen LogP contribution is 2.18. The summed E-state index contributed by atoms with van der Waals surface area (Å²) in [7, 11) is 4.47. The average Bonchev–Trinajstić information content (AvgIpc) is 2.68. The number of halogens is 1. The lowest BCUT2D eigenvalue weighted by atomic mass is 9.98. The number of nitrogens with one attached hydrogen (secondary N) is 2. The number of benzene rings is 2. The first-order valence-electron chi connectivity index (χ1n) is 10.00. The summed E-state index contributed by atoms with van der Waals surface area (Å²) >= 11 is 9.03. The van der Waals surface area contributed by atoms with E-state index in [-0.39, 0.29) is 16.7 Å². The topological polar surface area (TPSA) is 64.4 Å². The van der Waals surface area contributed by atoms with Gasteiger partial charge in [0.15, 0.2) is 5.11 Å². The first-order valence-corrected chi connectivity index (χ1v) is 11.2. The minimum absolute atomic E-state index is 0.162. The van der Waals surface area contributed by atoms with E-state index in [9.17, 15) is 4.91 Å². The molecule has 2 rings (SSSR count). The molecule has 0 amide bonds. The maximum Gasteiger partial charge on any atom is 0.316 e. The number of hydrogen-bond acceptors (Lipinski definition) is 2. The van der Waals surface area contributed by atoms with Gasteiger partial charge in [-0.05, 0) is 42.4 Å². The van der Waals surface area contributed by atoms with Crippen LogP contribution < -0.4 is 10.6 Å². The molecule has 2 aromatic rings. The smallest absolute Gasteiger partial charge is 0.316 e. The van der Waals surface area contributed by atoms with Gasteiger partial charge in [0, 0.05) is 27.9 Å². The summed E-state index contributed by atoms with van der Waals surface area (Å²) in [5.74, 6) is 0.442. The van der Waals surface area contributed by atoms with E-state index < -0.39 is 0 Å². The van der Waals surface area contributed by atoms with Crippen molar-refractivity contribution >= 4 is 44.6 Å². The van der Waals surface area contributed by atoms with Crippen LogP contribution in [0.15, 0.2) is 53.0 Å². The second kappa shape index (κ2) is 10.8. The lowest BCUT2D eigenvalue weighted by Gasteiger charge is -2.36. The summed E-state index contributed by atoms with van der Waals surface area (Å²) in [5.41, 5.74) is 2.22. The normalized spacial score (nSPS) is 13.4. The molecule has 0 aromatic heterocycles. The summed E-state index contributed by atoms with van der Waals surface area (Å²) in [5, 5.41) is 16.1. The standard InChI is InChI=1S/C22H30BrN4O2S/c1-5-16(2)21(15-27(3,4)14-17-6-8-18(23)9-7-17)25-22(30)24-19-10-12-20(13-11-19)26(28)29/h6-13,16,21H,5,14-15H2,1-4H3,(H2-,24,25,28,29,30)/q+1/p+1/t16-,21+/m0/s1. The zero-order chi connectivity index (χ0) is 22.3. The van der Waals surface area contributed by atoms with Crippen molar-refractivity contribution in [3.8, 4) is 0 Å². The maximum absolute atomic E-state index is 10.9. The predicted molar refractivity (Wildman–Crippen MR) is 129 cm³/mol. The zero-order valence-electron chi connectivity index (χ0n) is 17.9. The molecule has 0 aliphatic heterocycles. The Morgan fingerprint density at radius 1 is 1.17 bits per heavy atom. The molecular formula is C22H31BrN4O2S+2. The third-order valence-electron chi connectivity index (χ3n) is 5.21. The molecular weight excluding hydrogens is 464 g/mol. The van der Waals surface area contributed by atoms with Gasteiger partial charge in [0.05, 0.1) is 31.6 Å². The summed E-state index contributed by atoms with van der Waals surface area (Å²) in [4.78, 5) is 10.8. The van der Waals surface area contributed by atoms with E-state index in [0.29, 0.717) is 11.0 Å². The fourth-order valence-electron chi connectivity index (χ4n) is 3.34. The summed E-state index contributed by atoms with van der Waals surface area (Å²) in [6, 6.07) is 15.1. The van der Waals surface area contributed by atoms with E-state index in [2.05, 4.69) is 78.8 Å². The molecule has 0 aliphatic rings. The monoisotopic (exact) mass is 494 g/mol. The van der Waals surface area contributed by atoms with Gasteiger partial charge in [-0.2, -0.15) is 0 Å². The Morgan fingerprint density at radius 2 is 1.77 bits per heavy atom. The first kappa shape index (κ1) is 24.2. The van der Waals surface area contributed by atoms with Crippen molar-refractivity contribution in [2.24, 2.45) is 5.92 Å². The fourth-order valence-corrected chi connectivity index (χ4v) is 3.87. The van der Waals surface area contributed by atoms with Crippen LogP contribution in [0.1, 0.15) is 25.8 Å². The highest BCUT2D eigenvalue weighted by atomic mass is 79.9. The SMILES string of the molecule is CC[C@H](C)[C@@H](C[N+](C)(C)Cc1ccc(Br)cc1)NC(=S)Nc1ccc([N+](=O)O)cc1. The van der Waals surface area contributed by atoms with Crippen LogP contribution in [-0.4, -0.2) is 46.4 Å². The number of quaternary nitrogens is 1. The Labute approximate surface area is 192 Å². The van der Waals surface area contributed by atoms with Crippen molar-refractivity contribution < 1.29 is 14.6 Å².